The van der Waals surface area contributed by atoms with Crippen molar-refractivity contribution in [2.45, 2.75) is 0 Å². The molecule has 1 saturated heterocycles. The van der Waals surface area contributed by atoms with Crippen molar-refractivity contribution in [3.63, 3.8) is 0 Å². The molecule has 1 heterocycles. The van der Waals surface area contributed by atoms with Gasteiger partial charge in [0.05, 0.1) is 6.61 Å². The lowest BCUT2D eigenvalue weighted by Crippen LogP contribution is -2.49. The van der Waals surface area contributed by atoms with Crippen molar-refractivity contribution < 1.29 is 9.90 Å². The number of halogens is 1. The number of piperazine rings is 1. The lowest BCUT2D eigenvalue weighted by Gasteiger charge is -2.33. The van der Waals surface area contributed by atoms with Gasteiger partial charge < -0.3 is 10.0 Å². The normalized spacial score (nSPS) is 17.4. The van der Waals surface area contributed by atoms with E-state index >= 15 is 0 Å². The Morgan fingerprint density at radius 2 is 2.00 bits per heavy atom. The highest BCUT2D eigenvalue weighted by Gasteiger charge is 2.18. The van der Waals surface area contributed by atoms with Crippen LogP contribution in [0.2, 0.25) is 0 Å². The summed E-state index contributed by atoms with van der Waals surface area (Å²) in [4.78, 5) is 17.6. The maximum atomic E-state index is 11.3. The standard InChI is InChI=1S/C9H13BrN2O2/c10-2-1-9(14)12-5-3-11(4-6-12)7-8-13/h13H,3-8H2. The zero-order valence-electron chi connectivity index (χ0n) is 7.87. The number of hydrogen-bond acceptors (Lipinski definition) is 3. The van der Waals surface area contributed by atoms with E-state index in [1.54, 1.807) is 4.90 Å². The van der Waals surface area contributed by atoms with Gasteiger partial charge in [-0.3, -0.25) is 9.69 Å². The second-order valence-corrected chi connectivity index (χ2v) is 3.47. The first-order chi connectivity index (χ1) is 6.77. The molecule has 0 atom stereocenters. The summed E-state index contributed by atoms with van der Waals surface area (Å²) >= 11 is 2.90. The van der Waals surface area contributed by atoms with E-state index in [4.69, 9.17) is 5.11 Å². The maximum Gasteiger partial charge on any atom is 0.299 e. The highest BCUT2D eigenvalue weighted by atomic mass is 79.9. The Bertz CT molecular complexity index is 251. The molecule has 4 nitrogen and oxygen atoms in total. The summed E-state index contributed by atoms with van der Waals surface area (Å²) in [5.74, 6) is 2.31. The zero-order valence-corrected chi connectivity index (χ0v) is 9.46. The first-order valence-corrected chi connectivity index (χ1v) is 5.31. The molecule has 0 aromatic heterocycles. The largest absolute Gasteiger partial charge is 0.395 e. The Morgan fingerprint density at radius 3 is 2.50 bits per heavy atom. The molecule has 5 heteroatoms. The number of nitrogens with zero attached hydrogens (tertiary/aromatic N) is 2. The minimum atomic E-state index is -0.134. The van der Waals surface area contributed by atoms with E-state index in [0.29, 0.717) is 19.6 Å². The van der Waals surface area contributed by atoms with Crippen LogP contribution in [0.1, 0.15) is 0 Å². The number of β-amino-alcohol motifs (C(OH)–C–C–N with tert-alkyl or cyclic N) is 1. The Balaban J connectivity index is 2.34. The fourth-order valence-electron chi connectivity index (χ4n) is 1.44. The van der Waals surface area contributed by atoms with Gasteiger partial charge in [-0.05, 0) is 4.83 Å². The third-order valence-electron chi connectivity index (χ3n) is 2.23. The topological polar surface area (TPSA) is 43.8 Å². The number of aliphatic hydroxyl groups excluding tert-OH is 1. The third-order valence-corrected chi connectivity index (χ3v) is 2.43. The predicted octanol–water partition coefficient (Wildman–Crippen LogP) is -0.521. The molecule has 0 aromatic carbocycles. The Labute approximate surface area is 92.0 Å². The van der Waals surface area contributed by atoms with Gasteiger partial charge in [-0.2, -0.15) is 0 Å². The Hall–Kier alpha value is -0.570. The van der Waals surface area contributed by atoms with E-state index in [1.807, 2.05) is 0 Å². The summed E-state index contributed by atoms with van der Waals surface area (Å²) in [6.45, 7) is 3.88. The third kappa shape index (κ3) is 3.29. The predicted molar refractivity (Wildman–Crippen MR) is 56.8 cm³/mol. The van der Waals surface area contributed by atoms with Crippen molar-refractivity contribution >= 4 is 21.8 Å². The molecular formula is C9H13BrN2O2. The minimum absolute atomic E-state index is 0.134. The molecule has 0 bridgehead atoms. The molecule has 1 amide bonds. The molecule has 0 unspecified atom stereocenters. The Kier molecular flexibility index (Phi) is 4.94. The van der Waals surface area contributed by atoms with Gasteiger partial charge >= 0.3 is 0 Å². The summed E-state index contributed by atoms with van der Waals surface area (Å²) in [5.41, 5.74) is 0. The maximum absolute atomic E-state index is 11.3. The second kappa shape index (κ2) is 6.02. The van der Waals surface area contributed by atoms with Crippen LogP contribution >= 0.6 is 15.9 Å². The van der Waals surface area contributed by atoms with Crippen LogP contribution in [0.15, 0.2) is 0 Å². The lowest BCUT2D eigenvalue weighted by molar-refractivity contribution is -0.126. The molecular weight excluding hydrogens is 248 g/mol. The van der Waals surface area contributed by atoms with Gasteiger partial charge in [-0.1, -0.05) is 0 Å². The quantitative estimate of drug-likeness (QED) is 0.680. The monoisotopic (exact) mass is 260 g/mol. The fourth-order valence-corrected chi connectivity index (χ4v) is 1.61. The minimum Gasteiger partial charge on any atom is -0.395 e. The molecule has 1 N–H and O–H groups in total. The molecule has 1 fully saturated rings. The summed E-state index contributed by atoms with van der Waals surface area (Å²) in [7, 11) is 0. The van der Waals surface area contributed by atoms with E-state index in [2.05, 4.69) is 31.6 Å². The molecule has 0 aliphatic carbocycles. The van der Waals surface area contributed by atoms with Gasteiger partial charge in [0.15, 0.2) is 0 Å². The van der Waals surface area contributed by atoms with E-state index < -0.39 is 0 Å². The van der Waals surface area contributed by atoms with Crippen molar-refractivity contribution in [2.24, 2.45) is 0 Å². The first kappa shape index (κ1) is 11.5. The SMILES string of the molecule is O=C(C#CBr)N1CCN(CCO)CC1. The van der Waals surface area contributed by atoms with Crippen LogP contribution in [-0.4, -0.2) is 60.1 Å². The highest BCUT2D eigenvalue weighted by molar-refractivity contribution is 9.12. The molecule has 0 aromatic rings. The van der Waals surface area contributed by atoms with Crippen LogP contribution in [0.3, 0.4) is 0 Å². The van der Waals surface area contributed by atoms with E-state index in [1.165, 1.54) is 0 Å². The zero-order chi connectivity index (χ0) is 10.4. The number of hydrogen-bond donors (Lipinski definition) is 1. The number of aliphatic hydroxyl groups is 1. The smallest absolute Gasteiger partial charge is 0.299 e. The number of rotatable bonds is 2. The number of amides is 1. The molecule has 78 valence electrons. The second-order valence-electron chi connectivity index (χ2n) is 3.08. The first-order valence-electron chi connectivity index (χ1n) is 4.51. The van der Waals surface area contributed by atoms with E-state index in [-0.39, 0.29) is 12.5 Å². The van der Waals surface area contributed by atoms with Crippen LogP contribution in [0, 0.1) is 10.8 Å². The van der Waals surface area contributed by atoms with Gasteiger partial charge in [0.1, 0.15) is 0 Å². The van der Waals surface area contributed by atoms with Gasteiger partial charge in [-0.25, -0.2) is 0 Å². The number of carbonyl (C=O) groups excluding carboxylic acids is 1. The molecule has 0 spiro atoms. The van der Waals surface area contributed by atoms with Gasteiger partial charge in [0.2, 0.25) is 0 Å². The van der Waals surface area contributed by atoms with Crippen molar-refractivity contribution in [2.75, 3.05) is 39.3 Å². The van der Waals surface area contributed by atoms with Crippen LogP contribution in [0.5, 0.6) is 0 Å². The fraction of sp³-hybridized carbons (Fsp3) is 0.667. The van der Waals surface area contributed by atoms with Crippen molar-refractivity contribution in [1.29, 1.82) is 0 Å². The summed E-state index contributed by atoms with van der Waals surface area (Å²) in [6, 6.07) is 0. The van der Waals surface area contributed by atoms with E-state index in [0.717, 1.165) is 13.1 Å². The molecule has 1 aliphatic rings. The van der Waals surface area contributed by atoms with Crippen molar-refractivity contribution in [3.05, 3.63) is 0 Å². The molecule has 1 rings (SSSR count). The Morgan fingerprint density at radius 1 is 1.36 bits per heavy atom. The van der Waals surface area contributed by atoms with Crippen molar-refractivity contribution in [3.8, 4) is 10.8 Å². The van der Waals surface area contributed by atoms with Gasteiger partial charge in [0.25, 0.3) is 5.91 Å². The number of carbonyl (C=O) groups is 1. The van der Waals surface area contributed by atoms with Crippen LogP contribution < -0.4 is 0 Å². The molecule has 0 radical (unpaired) electrons. The average Bonchev–Trinajstić information content (AvgIpc) is 2.20. The summed E-state index contributed by atoms with van der Waals surface area (Å²) < 4.78 is 0. The van der Waals surface area contributed by atoms with Crippen LogP contribution in [0.25, 0.3) is 0 Å². The van der Waals surface area contributed by atoms with Crippen LogP contribution in [0.4, 0.5) is 0 Å². The lowest BCUT2D eigenvalue weighted by atomic mass is 10.3. The van der Waals surface area contributed by atoms with Crippen LogP contribution in [-0.2, 0) is 4.79 Å². The molecule has 14 heavy (non-hydrogen) atoms. The van der Waals surface area contributed by atoms with Crippen molar-refractivity contribution in [1.82, 2.24) is 9.80 Å². The molecule has 1 aliphatic heterocycles. The molecule has 0 saturated carbocycles. The summed E-state index contributed by atoms with van der Waals surface area (Å²) in [6.07, 6.45) is 0. The van der Waals surface area contributed by atoms with Gasteiger partial charge in [-0.15, -0.1) is 0 Å². The van der Waals surface area contributed by atoms with E-state index in [9.17, 15) is 4.79 Å². The summed E-state index contributed by atoms with van der Waals surface area (Å²) in [5, 5.41) is 8.73. The highest BCUT2D eigenvalue weighted by Crippen LogP contribution is 2.01. The van der Waals surface area contributed by atoms with Gasteiger partial charge in [0, 0.05) is 54.6 Å². The average molecular weight is 261 g/mol.